The van der Waals surface area contributed by atoms with E-state index in [-0.39, 0.29) is 17.8 Å². The highest BCUT2D eigenvalue weighted by molar-refractivity contribution is 5.95. The Morgan fingerprint density at radius 2 is 1.90 bits per heavy atom. The third-order valence-electron chi connectivity index (χ3n) is 7.51. The molecule has 1 aromatic carbocycles. The van der Waals surface area contributed by atoms with Gasteiger partial charge in [-0.15, -0.1) is 0 Å². The predicted molar refractivity (Wildman–Crippen MR) is 141 cm³/mol. The number of anilines is 1. The van der Waals surface area contributed by atoms with Crippen LogP contribution in [0.2, 0.25) is 0 Å². The van der Waals surface area contributed by atoms with Crippen molar-refractivity contribution >= 4 is 11.7 Å². The molecule has 1 atom stereocenters. The van der Waals surface area contributed by atoms with Gasteiger partial charge >= 0.3 is 6.18 Å². The number of ether oxygens (including phenoxy) is 1. The van der Waals surface area contributed by atoms with Gasteiger partial charge in [0.2, 0.25) is 11.8 Å². The minimum absolute atomic E-state index is 0.0365. The molecular weight excluding hydrogens is 523 g/mol. The number of carbonyl (C=O) groups is 1. The lowest BCUT2D eigenvalue weighted by Gasteiger charge is -2.33. The van der Waals surface area contributed by atoms with Crippen molar-refractivity contribution < 1.29 is 22.7 Å². The van der Waals surface area contributed by atoms with Gasteiger partial charge in [0.1, 0.15) is 23.7 Å². The van der Waals surface area contributed by atoms with Crippen LogP contribution < -0.4 is 9.64 Å². The summed E-state index contributed by atoms with van der Waals surface area (Å²) < 4.78 is 48.6. The van der Waals surface area contributed by atoms with E-state index in [0.717, 1.165) is 35.9 Å². The van der Waals surface area contributed by atoms with Crippen LogP contribution in [0.25, 0.3) is 22.6 Å². The van der Waals surface area contributed by atoms with Crippen molar-refractivity contribution in [3.05, 3.63) is 59.8 Å². The first kappa shape index (κ1) is 26.0. The van der Waals surface area contributed by atoms with Gasteiger partial charge in [-0.05, 0) is 32.3 Å². The Hall–Kier alpha value is -4.22. The first-order valence-corrected chi connectivity index (χ1v) is 13.2. The monoisotopic (exact) mass is 551 g/mol. The van der Waals surface area contributed by atoms with Gasteiger partial charge in [-0.1, -0.05) is 24.3 Å². The Morgan fingerprint density at radius 1 is 1.15 bits per heavy atom. The second kappa shape index (κ2) is 9.76. The summed E-state index contributed by atoms with van der Waals surface area (Å²) in [5, 5.41) is 4.82. The lowest BCUT2D eigenvalue weighted by Crippen LogP contribution is -2.39. The quantitative estimate of drug-likeness (QED) is 0.296. The molecule has 1 fully saturated rings. The molecule has 4 aromatic rings. The summed E-state index contributed by atoms with van der Waals surface area (Å²) in [5.41, 5.74) is 2.79. The van der Waals surface area contributed by atoms with E-state index in [0.29, 0.717) is 48.4 Å². The number of carbonyl (C=O) groups excluding carboxylic acids is 1. The zero-order chi connectivity index (χ0) is 28.2. The lowest BCUT2D eigenvalue weighted by molar-refractivity contribution is -0.140. The number of hydrogen-bond acceptors (Lipinski definition) is 6. The zero-order valence-corrected chi connectivity index (χ0v) is 22.3. The maximum absolute atomic E-state index is 13.2. The SMILES string of the molecule is CCn1cc(C(F)(F)F)nc1-c1ccc(C(C)N2C(=O)CCn3nc(-c4c(OC)ncnc4C4CC4)cc32)cc1. The standard InChI is InChI=1S/C28H28F3N7O2/c1-4-36-14-21(28(29,30)31)34-26(36)19-9-5-17(6-10-19)16(2)38-22-13-20(35-37(22)12-11-23(38)39)24-25(18-7-8-18)32-15-33-27(24)40-3/h5-6,9-10,13-16,18H,4,7-8,11-12H2,1-3H3. The third kappa shape index (κ3) is 4.50. The number of halogens is 3. The van der Waals surface area contributed by atoms with E-state index in [9.17, 15) is 18.0 Å². The van der Waals surface area contributed by atoms with Gasteiger partial charge in [0.25, 0.3) is 0 Å². The Bertz CT molecular complexity index is 1570. The molecule has 6 rings (SSSR count). The Labute approximate surface area is 228 Å². The Balaban J connectivity index is 1.33. The number of aromatic nitrogens is 6. The molecule has 4 heterocycles. The number of hydrogen-bond donors (Lipinski definition) is 0. The maximum atomic E-state index is 13.2. The van der Waals surface area contributed by atoms with Crippen molar-refractivity contribution in [2.75, 3.05) is 12.0 Å². The molecule has 0 spiro atoms. The highest BCUT2D eigenvalue weighted by Crippen LogP contribution is 2.46. The van der Waals surface area contributed by atoms with Crippen molar-refractivity contribution in [2.24, 2.45) is 0 Å². The van der Waals surface area contributed by atoms with Crippen molar-refractivity contribution in [3.63, 3.8) is 0 Å². The molecule has 12 heteroatoms. The van der Waals surface area contributed by atoms with Crippen LogP contribution in [0.5, 0.6) is 5.88 Å². The van der Waals surface area contributed by atoms with Crippen LogP contribution in [0.15, 0.2) is 42.9 Å². The topological polar surface area (TPSA) is 91.0 Å². The molecule has 0 N–H and O–H groups in total. The van der Waals surface area contributed by atoms with Gasteiger partial charge in [0.05, 0.1) is 31.0 Å². The fourth-order valence-electron chi connectivity index (χ4n) is 5.28. The van der Waals surface area contributed by atoms with Crippen molar-refractivity contribution in [1.29, 1.82) is 0 Å². The van der Waals surface area contributed by atoms with E-state index in [4.69, 9.17) is 9.84 Å². The summed E-state index contributed by atoms with van der Waals surface area (Å²) in [6, 6.07) is 8.66. The molecule has 208 valence electrons. The van der Waals surface area contributed by atoms with E-state index >= 15 is 0 Å². The molecule has 1 saturated carbocycles. The average molecular weight is 552 g/mol. The van der Waals surface area contributed by atoms with Crippen LogP contribution in [0.1, 0.15) is 62.0 Å². The molecule has 3 aromatic heterocycles. The molecular formula is C28H28F3N7O2. The number of imidazole rings is 1. The van der Waals surface area contributed by atoms with Gasteiger partial charge in [-0.3, -0.25) is 9.69 Å². The number of benzene rings is 1. The van der Waals surface area contributed by atoms with Crippen molar-refractivity contribution in [2.45, 2.75) is 64.3 Å². The second-order valence-electron chi connectivity index (χ2n) is 10.1. The second-order valence-corrected chi connectivity index (χ2v) is 10.1. The van der Waals surface area contributed by atoms with Crippen LogP contribution in [0.3, 0.4) is 0 Å². The number of rotatable bonds is 7. The molecule has 0 radical (unpaired) electrons. The summed E-state index contributed by atoms with van der Waals surface area (Å²) in [7, 11) is 1.57. The lowest BCUT2D eigenvalue weighted by atomic mass is 10.0. The van der Waals surface area contributed by atoms with Crippen molar-refractivity contribution in [1.82, 2.24) is 29.3 Å². The average Bonchev–Trinajstić information content (AvgIpc) is 3.55. The molecule has 9 nitrogen and oxygen atoms in total. The number of fused-ring (bicyclic) bond motifs is 1. The van der Waals surface area contributed by atoms with Gasteiger partial charge in [-0.2, -0.15) is 18.3 Å². The fourth-order valence-corrected chi connectivity index (χ4v) is 5.28. The molecule has 0 bridgehead atoms. The molecule has 0 saturated heterocycles. The molecule has 2 aliphatic rings. The van der Waals surface area contributed by atoms with Gasteiger partial charge in [0, 0.05) is 36.7 Å². The summed E-state index contributed by atoms with van der Waals surface area (Å²) >= 11 is 0. The third-order valence-corrected chi connectivity index (χ3v) is 7.51. The summed E-state index contributed by atoms with van der Waals surface area (Å²) in [4.78, 5) is 27.6. The fraction of sp³-hybridized carbons (Fsp3) is 0.393. The molecule has 1 unspecified atom stereocenters. The van der Waals surface area contributed by atoms with E-state index in [1.54, 1.807) is 31.1 Å². The number of aryl methyl sites for hydroxylation is 2. The van der Waals surface area contributed by atoms with Crippen LogP contribution in [-0.2, 0) is 24.1 Å². The smallest absolute Gasteiger partial charge is 0.434 e. The molecule has 1 aliphatic carbocycles. The summed E-state index contributed by atoms with van der Waals surface area (Å²) in [5.74, 6) is 1.66. The van der Waals surface area contributed by atoms with Gasteiger partial charge in [0.15, 0.2) is 5.69 Å². The van der Waals surface area contributed by atoms with Gasteiger partial charge < -0.3 is 9.30 Å². The number of methoxy groups -OCH3 is 1. The minimum Gasteiger partial charge on any atom is -0.480 e. The Kier molecular flexibility index (Phi) is 6.35. The normalized spacial score (nSPS) is 16.2. The van der Waals surface area contributed by atoms with E-state index in [1.807, 2.05) is 29.8 Å². The van der Waals surface area contributed by atoms with Crippen molar-refractivity contribution in [3.8, 4) is 28.5 Å². The van der Waals surface area contributed by atoms with Crippen LogP contribution in [0.4, 0.5) is 19.0 Å². The van der Waals surface area contributed by atoms with Crippen LogP contribution in [-0.4, -0.2) is 42.3 Å². The number of amides is 1. The molecule has 1 amide bonds. The number of nitrogens with zero attached hydrogens (tertiary/aromatic N) is 7. The summed E-state index contributed by atoms with van der Waals surface area (Å²) in [6.07, 6.45) is 0.406. The highest BCUT2D eigenvalue weighted by atomic mass is 19.4. The zero-order valence-electron chi connectivity index (χ0n) is 22.3. The maximum Gasteiger partial charge on any atom is 0.434 e. The largest absolute Gasteiger partial charge is 0.480 e. The molecule has 40 heavy (non-hydrogen) atoms. The minimum atomic E-state index is -4.52. The Morgan fingerprint density at radius 3 is 2.55 bits per heavy atom. The van der Waals surface area contributed by atoms with Crippen LogP contribution in [0, 0.1) is 0 Å². The van der Waals surface area contributed by atoms with E-state index in [1.165, 1.54) is 10.9 Å². The van der Waals surface area contributed by atoms with E-state index < -0.39 is 11.9 Å². The predicted octanol–water partition coefficient (Wildman–Crippen LogP) is 5.63. The molecule has 1 aliphatic heterocycles. The summed E-state index contributed by atoms with van der Waals surface area (Å²) in [6.45, 7) is 4.49. The first-order valence-electron chi connectivity index (χ1n) is 13.2. The van der Waals surface area contributed by atoms with Crippen LogP contribution >= 0.6 is 0 Å². The highest BCUT2D eigenvalue weighted by Gasteiger charge is 2.36. The first-order chi connectivity index (χ1) is 19.2. The van der Waals surface area contributed by atoms with Gasteiger partial charge in [-0.25, -0.2) is 19.6 Å². The van der Waals surface area contributed by atoms with E-state index in [2.05, 4.69) is 15.0 Å². The number of alkyl halides is 3.